The number of hydrogen-bond acceptors (Lipinski definition) is 1. The fraction of sp³-hybridized carbons (Fsp3) is 0.600. The minimum atomic E-state index is -2.87. The molecule has 0 fully saturated rings. The van der Waals surface area contributed by atoms with Gasteiger partial charge in [0.15, 0.2) is 0 Å². The van der Waals surface area contributed by atoms with Crippen LogP contribution in [0.5, 0.6) is 0 Å². The second-order valence-corrected chi connectivity index (χ2v) is 1.40. The van der Waals surface area contributed by atoms with Gasteiger partial charge >= 0.3 is 0 Å². The number of halogens is 2. The Morgan fingerprint density at radius 2 is 2.25 bits per heavy atom. The Labute approximate surface area is 47.0 Å². The average Bonchev–Trinajstić information content (AvgIpc) is 1.67. The molecule has 0 radical (unpaired) electrons. The lowest BCUT2D eigenvalue weighted by molar-refractivity contribution is -0.0229. The van der Waals surface area contributed by atoms with Gasteiger partial charge in [-0.15, -0.1) is 0 Å². The molecule has 0 N–H and O–H groups in total. The van der Waals surface area contributed by atoms with Crippen LogP contribution in [0.3, 0.4) is 0 Å². The lowest BCUT2D eigenvalue weighted by Gasteiger charge is -2.07. The third kappa shape index (κ3) is 2.69. The fourth-order valence-corrected chi connectivity index (χ4v) is 0.251. The van der Waals surface area contributed by atoms with Crippen LogP contribution in [0.15, 0.2) is 12.7 Å². The van der Waals surface area contributed by atoms with E-state index in [0.717, 1.165) is 0 Å². The quantitative estimate of drug-likeness (QED) is 0.515. The maximum Gasteiger partial charge on any atom is 0.289 e. The van der Waals surface area contributed by atoms with Crippen LogP contribution in [0, 0.1) is 0 Å². The minimum absolute atomic E-state index is 0.566. The van der Waals surface area contributed by atoms with Crippen LogP contribution in [0.25, 0.3) is 0 Å². The van der Waals surface area contributed by atoms with E-state index in [9.17, 15) is 8.78 Å². The Hall–Kier alpha value is -0.440. The molecular formula is C5H8F2O. The summed E-state index contributed by atoms with van der Waals surface area (Å²) < 4.78 is 28.0. The lowest BCUT2D eigenvalue weighted by Crippen LogP contribution is -2.18. The average molecular weight is 122 g/mol. The molecule has 0 aromatic rings. The van der Waals surface area contributed by atoms with E-state index >= 15 is 0 Å². The van der Waals surface area contributed by atoms with Crippen molar-refractivity contribution in [3.8, 4) is 0 Å². The molecule has 0 atom stereocenters. The first-order chi connectivity index (χ1) is 3.62. The highest BCUT2D eigenvalue weighted by Gasteiger charge is 2.22. The van der Waals surface area contributed by atoms with Crippen LogP contribution in [-0.2, 0) is 4.74 Å². The van der Waals surface area contributed by atoms with E-state index in [2.05, 4.69) is 11.3 Å². The second-order valence-electron chi connectivity index (χ2n) is 1.40. The number of alkyl halides is 2. The molecule has 0 aliphatic carbocycles. The first kappa shape index (κ1) is 7.56. The van der Waals surface area contributed by atoms with Crippen molar-refractivity contribution in [3.63, 3.8) is 0 Å². The largest absolute Gasteiger partial charge is 0.378 e. The van der Waals surface area contributed by atoms with Crippen LogP contribution in [0.1, 0.15) is 0 Å². The molecule has 0 bridgehead atoms. The topological polar surface area (TPSA) is 9.23 Å². The number of ether oxygens (including phenoxy) is 1. The molecule has 0 unspecified atom stereocenters. The Kier molecular flexibility index (Phi) is 2.62. The minimum Gasteiger partial charge on any atom is -0.378 e. The lowest BCUT2D eigenvalue weighted by atomic mass is 10.4. The predicted molar refractivity (Wildman–Crippen MR) is 27.0 cm³/mol. The number of methoxy groups -OCH3 is 1. The van der Waals surface area contributed by atoms with Gasteiger partial charge < -0.3 is 4.74 Å². The monoisotopic (exact) mass is 122 g/mol. The van der Waals surface area contributed by atoms with E-state index in [-0.39, 0.29) is 0 Å². The highest BCUT2D eigenvalue weighted by Crippen LogP contribution is 2.13. The van der Waals surface area contributed by atoms with Gasteiger partial charge in [0.25, 0.3) is 5.92 Å². The number of hydrogen-bond donors (Lipinski definition) is 0. The van der Waals surface area contributed by atoms with Crippen LogP contribution in [-0.4, -0.2) is 19.6 Å². The van der Waals surface area contributed by atoms with Crippen LogP contribution in [0.4, 0.5) is 8.78 Å². The van der Waals surface area contributed by atoms with Gasteiger partial charge in [0.05, 0.1) is 0 Å². The molecule has 8 heavy (non-hydrogen) atoms. The third-order valence-electron chi connectivity index (χ3n) is 0.635. The molecule has 0 amide bonds. The first-order valence-electron chi connectivity index (χ1n) is 2.13. The van der Waals surface area contributed by atoms with Crippen molar-refractivity contribution >= 4 is 0 Å². The van der Waals surface area contributed by atoms with E-state index in [1.807, 2.05) is 0 Å². The molecule has 3 heteroatoms. The van der Waals surface area contributed by atoms with Gasteiger partial charge in [0, 0.05) is 7.11 Å². The Bertz CT molecular complexity index is 80.5. The second kappa shape index (κ2) is 2.77. The van der Waals surface area contributed by atoms with Gasteiger partial charge in [-0.3, -0.25) is 0 Å². The van der Waals surface area contributed by atoms with E-state index in [4.69, 9.17) is 0 Å². The molecule has 1 nitrogen and oxygen atoms in total. The molecule has 0 rings (SSSR count). The summed E-state index contributed by atoms with van der Waals surface area (Å²) >= 11 is 0. The molecule has 0 aliphatic heterocycles. The standard InChI is InChI=1S/C5H8F2O/c1-3-5(6,7)4-8-2/h3H,1,4H2,2H3. The highest BCUT2D eigenvalue weighted by atomic mass is 19.3. The van der Waals surface area contributed by atoms with Crippen molar-refractivity contribution in [2.75, 3.05) is 13.7 Å². The molecule has 0 aliphatic rings. The normalized spacial score (nSPS) is 11.4. The van der Waals surface area contributed by atoms with E-state index in [1.54, 1.807) is 0 Å². The summed E-state index contributed by atoms with van der Waals surface area (Å²) in [6.45, 7) is 2.33. The number of rotatable bonds is 3. The van der Waals surface area contributed by atoms with Crippen molar-refractivity contribution in [1.82, 2.24) is 0 Å². The van der Waals surface area contributed by atoms with Gasteiger partial charge in [0.1, 0.15) is 6.61 Å². The zero-order chi connectivity index (χ0) is 6.62. The third-order valence-corrected chi connectivity index (χ3v) is 0.635. The Morgan fingerprint density at radius 1 is 1.75 bits per heavy atom. The molecular weight excluding hydrogens is 114 g/mol. The van der Waals surface area contributed by atoms with Gasteiger partial charge in [-0.2, -0.15) is 8.78 Å². The summed E-state index contributed by atoms with van der Waals surface area (Å²) in [6, 6.07) is 0. The maximum atomic E-state index is 11.9. The van der Waals surface area contributed by atoms with Gasteiger partial charge in [-0.05, 0) is 6.08 Å². The summed E-state index contributed by atoms with van der Waals surface area (Å²) in [4.78, 5) is 0. The molecule has 0 aromatic carbocycles. The highest BCUT2D eigenvalue weighted by molar-refractivity contribution is 4.86. The zero-order valence-electron chi connectivity index (χ0n) is 4.66. The smallest absolute Gasteiger partial charge is 0.289 e. The molecule has 0 spiro atoms. The van der Waals surface area contributed by atoms with Gasteiger partial charge in [-0.1, -0.05) is 6.58 Å². The first-order valence-corrected chi connectivity index (χ1v) is 2.13. The van der Waals surface area contributed by atoms with Crippen molar-refractivity contribution in [2.45, 2.75) is 5.92 Å². The predicted octanol–water partition coefficient (Wildman–Crippen LogP) is 1.45. The van der Waals surface area contributed by atoms with E-state index < -0.39 is 12.5 Å². The molecule has 48 valence electrons. The van der Waals surface area contributed by atoms with E-state index in [1.165, 1.54) is 7.11 Å². The molecule has 0 aromatic heterocycles. The summed E-state index contributed by atoms with van der Waals surface area (Å²) in [6.07, 6.45) is 0.566. The van der Waals surface area contributed by atoms with Crippen molar-refractivity contribution in [1.29, 1.82) is 0 Å². The van der Waals surface area contributed by atoms with Crippen molar-refractivity contribution < 1.29 is 13.5 Å². The fourth-order valence-electron chi connectivity index (χ4n) is 0.251. The van der Waals surface area contributed by atoms with E-state index in [0.29, 0.717) is 6.08 Å². The molecule has 0 saturated heterocycles. The Balaban J connectivity index is 3.53. The van der Waals surface area contributed by atoms with Crippen molar-refractivity contribution in [2.24, 2.45) is 0 Å². The summed E-state index contributed by atoms with van der Waals surface area (Å²) in [5.41, 5.74) is 0. The van der Waals surface area contributed by atoms with Crippen LogP contribution < -0.4 is 0 Å². The van der Waals surface area contributed by atoms with Gasteiger partial charge in [0.2, 0.25) is 0 Å². The SMILES string of the molecule is C=CC(F)(F)COC. The summed E-state index contributed by atoms with van der Waals surface area (Å²) in [5.74, 6) is -2.87. The molecule has 0 heterocycles. The Morgan fingerprint density at radius 3 is 2.38 bits per heavy atom. The van der Waals surface area contributed by atoms with Crippen LogP contribution >= 0.6 is 0 Å². The summed E-state index contributed by atoms with van der Waals surface area (Å²) in [7, 11) is 1.22. The van der Waals surface area contributed by atoms with Crippen molar-refractivity contribution in [3.05, 3.63) is 12.7 Å². The summed E-state index contributed by atoms with van der Waals surface area (Å²) in [5, 5.41) is 0. The van der Waals surface area contributed by atoms with Crippen LogP contribution in [0.2, 0.25) is 0 Å². The zero-order valence-corrected chi connectivity index (χ0v) is 4.66. The van der Waals surface area contributed by atoms with Gasteiger partial charge in [-0.25, -0.2) is 0 Å². The maximum absolute atomic E-state index is 11.9. The molecule has 0 saturated carbocycles.